The van der Waals surface area contributed by atoms with E-state index in [2.05, 4.69) is 56.5 Å². The van der Waals surface area contributed by atoms with Crippen molar-refractivity contribution in [2.75, 3.05) is 54.5 Å². The molecule has 1 atom stereocenters. The molecular weight excluding hydrogens is 362 g/mol. The van der Waals surface area contributed by atoms with E-state index in [4.69, 9.17) is 9.72 Å². The van der Waals surface area contributed by atoms with Crippen LogP contribution in [0.15, 0.2) is 55.0 Å². The molecule has 2 aliphatic rings. The van der Waals surface area contributed by atoms with Gasteiger partial charge in [-0.25, -0.2) is 4.98 Å². The van der Waals surface area contributed by atoms with E-state index in [1.54, 1.807) is 0 Å². The van der Waals surface area contributed by atoms with Gasteiger partial charge in [0, 0.05) is 43.8 Å². The predicted octanol–water partition coefficient (Wildman–Crippen LogP) is 3.55. The SMILES string of the molecule is c1ccc2c(N3CCC[C@@H](Nc4cncc(N5CCOCC5)c4)C3)nccc2c1. The van der Waals surface area contributed by atoms with Gasteiger partial charge in [0.15, 0.2) is 0 Å². The lowest BCUT2D eigenvalue weighted by Crippen LogP contribution is -2.42. The van der Waals surface area contributed by atoms with Crippen molar-refractivity contribution in [2.45, 2.75) is 18.9 Å². The molecule has 1 aromatic carbocycles. The molecule has 0 amide bonds. The summed E-state index contributed by atoms with van der Waals surface area (Å²) >= 11 is 0. The first-order valence-corrected chi connectivity index (χ1v) is 10.5. The zero-order valence-corrected chi connectivity index (χ0v) is 16.6. The number of fused-ring (bicyclic) bond motifs is 1. The van der Waals surface area contributed by atoms with Crippen molar-refractivity contribution < 1.29 is 4.74 Å². The number of morpholine rings is 1. The van der Waals surface area contributed by atoms with Crippen LogP contribution in [0.2, 0.25) is 0 Å². The van der Waals surface area contributed by atoms with Crippen LogP contribution in [0, 0.1) is 0 Å². The van der Waals surface area contributed by atoms with E-state index >= 15 is 0 Å². The lowest BCUT2D eigenvalue weighted by atomic mass is 10.0. The smallest absolute Gasteiger partial charge is 0.136 e. The molecule has 0 spiro atoms. The van der Waals surface area contributed by atoms with E-state index < -0.39 is 0 Å². The van der Waals surface area contributed by atoms with Gasteiger partial charge in [0.25, 0.3) is 0 Å². The molecule has 2 fully saturated rings. The van der Waals surface area contributed by atoms with Gasteiger partial charge in [-0.15, -0.1) is 0 Å². The van der Waals surface area contributed by atoms with Crippen molar-refractivity contribution in [3.05, 3.63) is 55.0 Å². The molecular formula is C23H27N5O. The van der Waals surface area contributed by atoms with Crippen molar-refractivity contribution >= 4 is 28.0 Å². The van der Waals surface area contributed by atoms with Crippen molar-refractivity contribution in [3.8, 4) is 0 Å². The fourth-order valence-electron chi connectivity index (χ4n) is 4.38. The minimum atomic E-state index is 0.381. The van der Waals surface area contributed by atoms with E-state index in [9.17, 15) is 0 Å². The fourth-order valence-corrected chi connectivity index (χ4v) is 4.38. The van der Waals surface area contributed by atoms with E-state index in [-0.39, 0.29) is 0 Å². The van der Waals surface area contributed by atoms with Crippen LogP contribution < -0.4 is 15.1 Å². The summed E-state index contributed by atoms with van der Waals surface area (Å²) in [7, 11) is 0. The number of rotatable bonds is 4. The Morgan fingerprint density at radius 2 is 1.90 bits per heavy atom. The first kappa shape index (κ1) is 18.2. The highest BCUT2D eigenvalue weighted by molar-refractivity contribution is 5.92. The van der Waals surface area contributed by atoms with Crippen molar-refractivity contribution in [1.82, 2.24) is 9.97 Å². The van der Waals surface area contributed by atoms with E-state index in [0.717, 1.165) is 63.7 Å². The predicted molar refractivity (Wildman–Crippen MR) is 118 cm³/mol. The lowest BCUT2D eigenvalue weighted by Gasteiger charge is -2.35. The minimum absolute atomic E-state index is 0.381. The number of aromatic nitrogens is 2. The Hall–Kier alpha value is -2.86. The number of anilines is 3. The van der Waals surface area contributed by atoms with Gasteiger partial charge in [-0.1, -0.05) is 24.3 Å². The summed E-state index contributed by atoms with van der Waals surface area (Å²) in [4.78, 5) is 13.9. The molecule has 1 N–H and O–H groups in total. The molecule has 5 rings (SSSR count). The highest BCUT2D eigenvalue weighted by Crippen LogP contribution is 2.28. The first-order chi connectivity index (χ1) is 14.4. The van der Waals surface area contributed by atoms with Crippen LogP contribution in [0.3, 0.4) is 0 Å². The highest BCUT2D eigenvalue weighted by Gasteiger charge is 2.22. The summed E-state index contributed by atoms with van der Waals surface area (Å²) in [6, 6.07) is 13.2. The van der Waals surface area contributed by atoms with E-state index in [0.29, 0.717) is 6.04 Å². The zero-order valence-electron chi connectivity index (χ0n) is 16.6. The lowest BCUT2D eigenvalue weighted by molar-refractivity contribution is 0.122. The van der Waals surface area contributed by atoms with E-state index in [1.165, 1.54) is 16.5 Å². The van der Waals surface area contributed by atoms with Gasteiger partial charge in [-0.3, -0.25) is 4.98 Å². The molecule has 4 heterocycles. The molecule has 0 bridgehead atoms. The second kappa shape index (κ2) is 8.25. The number of hydrogen-bond acceptors (Lipinski definition) is 6. The Morgan fingerprint density at radius 1 is 1.00 bits per heavy atom. The normalized spacial score (nSPS) is 20.1. The summed E-state index contributed by atoms with van der Waals surface area (Å²) in [5.41, 5.74) is 2.26. The van der Waals surface area contributed by atoms with Gasteiger partial charge in [0.1, 0.15) is 5.82 Å². The number of piperidine rings is 1. The molecule has 2 saturated heterocycles. The number of pyridine rings is 2. The van der Waals surface area contributed by atoms with Gasteiger partial charge < -0.3 is 19.9 Å². The number of ether oxygens (including phenoxy) is 1. The summed E-state index contributed by atoms with van der Waals surface area (Å²) in [5, 5.41) is 6.19. The zero-order chi connectivity index (χ0) is 19.5. The monoisotopic (exact) mass is 389 g/mol. The maximum Gasteiger partial charge on any atom is 0.136 e. The quantitative estimate of drug-likeness (QED) is 0.737. The standard InChI is InChI=1S/C23H27N5O/c1-2-6-22-18(4-1)7-8-25-23(22)28-9-3-5-19(17-28)26-20-14-21(16-24-15-20)27-10-12-29-13-11-27/h1-2,4,6-8,14-16,19,26H,3,5,9-13,17H2/t19-/m1/s1. The molecule has 0 unspecified atom stereocenters. The molecule has 6 nitrogen and oxygen atoms in total. The molecule has 2 aromatic heterocycles. The summed E-state index contributed by atoms with van der Waals surface area (Å²) in [5.74, 6) is 1.09. The van der Waals surface area contributed by atoms with Crippen LogP contribution >= 0.6 is 0 Å². The highest BCUT2D eigenvalue weighted by atomic mass is 16.5. The van der Waals surface area contributed by atoms with Gasteiger partial charge in [-0.05, 0) is 30.4 Å². The summed E-state index contributed by atoms with van der Waals surface area (Å²) in [6.45, 7) is 5.42. The number of nitrogens with one attached hydrogen (secondary N) is 1. The Morgan fingerprint density at radius 3 is 2.83 bits per heavy atom. The molecule has 2 aliphatic heterocycles. The Labute approximate surface area is 171 Å². The third kappa shape index (κ3) is 3.98. The van der Waals surface area contributed by atoms with Crippen LogP contribution in [-0.4, -0.2) is 55.4 Å². The van der Waals surface area contributed by atoms with E-state index in [1.807, 2.05) is 18.6 Å². The van der Waals surface area contributed by atoms with Gasteiger partial charge >= 0.3 is 0 Å². The fraction of sp³-hybridized carbons (Fsp3) is 0.391. The Kier molecular flexibility index (Phi) is 5.17. The van der Waals surface area contributed by atoms with Crippen LogP contribution in [0.1, 0.15) is 12.8 Å². The van der Waals surface area contributed by atoms with Gasteiger partial charge in [0.2, 0.25) is 0 Å². The van der Waals surface area contributed by atoms with Crippen molar-refractivity contribution in [1.29, 1.82) is 0 Å². The average Bonchev–Trinajstić information content (AvgIpc) is 2.80. The summed E-state index contributed by atoms with van der Waals surface area (Å²) < 4.78 is 5.47. The first-order valence-electron chi connectivity index (χ1n) is 10.5. The third-order valence-corrected chi connectivity index (χ3v) is 5.84. The van der Waals surface area contributed by atoms with Crippen LogP contribution in [0.4, 0.5) is 17.2 Å². The van der Waals surface area contributed by atoms with Gasteiger partial charge in [-0.2, -0.15) is 0 Å². The topological polar surface area (TPSA) is 53.5 Å². The Bertz CT molecular complexity index is 967. The number of nitrogens with zero attached hydrogens (tertiary/aromatic N) is 4. The van der Waals surface area contributed by atoms with Crippen LogP contribution in [-0.2, 0) is 4.74 Å². The maximum atomic E-state index is 5.47. The largest absolute Gasteiger partial charge is 0.379 e. The summed E-state index contributed by atoms with van der Waals surface area (Å²) in [6.07, 6.45) is 8.11. The molecule has 150 valence electrons. The number of benzene rings is 1. The van der Waals surface area contributed by atoms with Gasteiger partial charge in [0.05, 0.1) is 37.0 Å². The number of hydrogen-bond donors (Lipinski definition) is 1. The molecule has 0 aliphatic carbocycles. The molecule has 6 heteroatoms. The van der Waals surface area contributed by atoms with Crippen molar-refractivity contribution in [2.24, 2.45) is 0 Å². The molecule has 0 saturated carbocycles. The molecule has 29 heavy (non-hydrogen) atoms. The van der Waals surface area contributed by atoms with Crippen LogP contribution in [0.5, 0.6) is 0 Å². The average molecular weight is 390 g/mol. The third-order valence-electron chi connectivity index (χ3n) is 5.84. The second-order valence-corrected chi connectivity index (χ2v) is 7.82. The second-order valence-electron chi connectivity index (χ2n) is 7.82. The molecule has 3 aromatic rings. The molecule has 0 radical (unpaired) electrons. The van der Waals surface area contributed by atoms with Crippen molar-refractivity contribution in [3.63, 3.8) is 0 Å². The minimum Gasteiger partial charge on any atom is -0.379 e. The van der Waals surface area contributed by atoms with Crippen LogP contribution in [0.25, 0.3) is 10.8 Å². The Balaban J connectivity index is 1.31. The maximum absolute atomic E-state index is 5.47.